The molecule has 0 unspecified atom stereocenters. The normalized spacial score (nSPS) is 11.5. The van der Waals surface area contributed by atoms with E-state index in [0.717, 1.165) is 22.5 Å². The Morgan fingerprint density at radius 3 is 1.79 bits per heavy atom. The molecule has 0 aliphatic carbocycles. The third-order valence-electron chi connectivity index (χ3n) is 6.83. The van der Waals surface area contributed by atoms with E-state index < -0.39 is 0 Å². The first-order valence-corrected chi connectivity index (χ1v) is 11.6. The lowest BCUT2D eigenvalue weighted by molar-refractivity contribution is 1.35. The molecule has 0 fully saturated rings. The van der Waals surface area contributed by atoms with E-state index in [1.807, 2.05) is 6.07 Å². The van der Waals surface area contributed by atoms with Gasteiger partial charge in [0.2, 0.25) is 0 Å². The first-order valence-electron chi connectivity index (χ1n) is 11.6. The molecule has 7 rings (SSSR count). The fourth-order valence-electron chi connectivity index (χ4n) is 5.14. The first kappa shape index (κ1) is 19.0. The summed E-state index contributed by atoms with van der Waals surface area (Å²) in [7, 11) is 0. The molecule has 158 valence electrons. The van der Waals surface area contributed by atoms with Gasteiger partial charge in [0.05, 0.1) is 11.4 Å². The van der Waals surface area contributed by atoms with Crippen molar-refractivity contribution < 1.29 is 0 Å². The lowest BCUT2D eigenvalue weighted by Gasteiger charge is -2.12. The average Bonchev–Trinajstić information content (AvgIpc) is 2.92. The Morgan fingerprint density at radius 1 is 0.353 bits per heavy atom. The van der Waals surface area contributed by atoms with Gasteiger partial charge >= 0.3 is 0 Å². The quantitative estimate of drug-likeness (QED) is 0.249. The third kappa shape index (κ3) is 2.98. The highest BCUT2D eigenvalue weighted by Gasteiger charge is 2.12. The van der Waals surface area contributed by atoms with Crippen molar-refractivity contribution in [2.75, 3.05) is 0 Å². The molecule has 1 aromatic heterocycles. The van der Waals surface area contributed by atoms with Gasteiger partial charge < -0.3 is 0 Å². The Morgan fingerprint density at radius 2 is 0.971 bits per heavy atom. The minimum atomic E-state index is 0.998. The number of rotatable bonds is 2. The van der Waals surface area contributed by atoms with E-state index in [1.165, 1.54) is 43.1 Å². The third-order valence-corrected chi connectivity index (χ3v) is 6.83. The fourth-order valence-corrected chi connectivity index (χ4v) is 5.14. The SMILES string of the molecule is c1ccc(-c2cc3ccccc3c(-c3ccc4ccc5c6ccccc6ccc5c4c3)n2)cc1. The van der Waals surface area contributed by atoms with Crippen molar-refractivity contribution in [2.45, 2.75) is 0 Å². The Labute approximate surface area is 197 Å². The van der Waals surface area contributed by atoms with Crippen LogP contribution in [0.3, 0.4) is 0 Å². The summed E-state index contributed by atoms with van der Waals surface area (Å²) in [6, 6.07) is 45.5. The maximum absolute atomic E-state index is 5.18. The van der Waals surface area contributed by atoms with Gasteiger partial charge in [0.25, 0.3) is 0 Å². The predicted molar refractivity (Wildman–Crippen MR) is 145 cm³/mol. The van der Waals surface area contributed by atoms with Gasteiger partial charge in [0.15, 0.2) is 0 Å². The molecule has 0 atom stereocenters. The zero-order chi connectivity index (χ0) is 22.5. The summed E-state index contributed by atoms with van der Waals surface area (Å²) >= 11 is 0. The smallest absolute Gasteiger partial charge is 0.0788 e. The molecule has 0 saturated carbocycles. The van der Waals surface area contributed by atoms with Crippen molar-refractivity contribution in [3.63, 3.8) is 0 Å². The van der Waals surface area contributed by atoms with E-state index in [1.54, 1.807) is 0 Å². The minimum absolute atomic E-state index is 0.998. The topological polar surface area (TPSA) is 12.9 Å². The molecule has 0 bridgehead atoms. The Hall–Kier alpha value is -4.49. The summed E-state index contributed by atoms with van der Waals surface area (Å²) in [5.41, 5.74) is 4.30. The van der Waals surface area contributed by atoms with Gasteiger partial charge in [-0.3, -0.25) is 0 Å². The standard InChI is InChI=1S/C33H21N/c1-2-9-24(10-3-1)32-21-25-11-5-7-13-28(25)33(34-32)26-15-14-23-17-18-29-27-12-6-4-8-22(27)16-19-30(29)31(23)20-26/h1-21H. The summed E-state index contributed by atoms with van der Waals surface area (Å²) < 4.78 is 0. The number of nitrogens with zero attached hydrogens (tertiary/aromatic N) is 1. The van der Waals surface area contributed by atoms with Crippen molar-refractivity contribution in [3.05, 3.63) is 127 Å². The summed E-state index contributed by atoms with van der Waals surface area (Å²) in [4.78, 5) is 5.18. The van der Waals surface area contributed by atoms with Gasteiger partial charge in [-0.15, -0.1) is 0 Å². The first-order chi connectivity index (χ1) is 16.8. The number of hydrogen-bond donors (Lipinski definition) is 0. The molecule has 1 nitrogen and oxygen atoms in total. The molecule has 0 N–H and O–H groups in total. The number of benzene rings is 6. The summed E-state index contributed by atoms with van der Waals surface area (Å²) in [6.45, 7) is 0. The van der Waals surface area contributed by atoms with Gasteiger partial charge in [0, 0.05) is 16.5 Å². The minimum Gasteiger partial charge on any atom is -0.247 e. The summed E-state index contributed by atoms with van der Waals surface area (Å²) in [5.74, 6) is 0. The summed E-state index contributed by atoms with van der Waals surface area (Å²) in [6.07, 6.45) is 0. The Bertz CT molecular complexity index is 1850. The lowest BCUT2D eigenvalue weighted by atomic mass is 9.94. The second kappa shape index (κ2) is 7.54. The lowest BCUT2D eigenvalue weighted by Crippen LogP contribution is -1.91. The van der Waals surface area contributed by atoms with Crippen LogP contribution in [0.2, 0.25) is 0 Å². The number of aromatic nitrogens is 1. The summed E-state index contributed by atoms with van der Waals surface area (Å²) in [5, 5.41) is 10.0. The van der Waals surface area contributed by atoms with Crippen LogP contribution in [0.25, 0.3) is 65.6 Å². The molecule has 0 aliphatic rings. The van der Waals surface area contributed by atoms with Gasteiger partial charge in [-0.1, -0.05) is 115 Å². The van der Waals surface area contributed by atoms with Crippen LogP contribution in [0.1, 0.15) is 0 Å². The molecule has 1 heteroatoms. The molecule has 6 aromatic carbocycles. The molecule has 0 saturated heterocycles. The molecular formula is C33H21N. The molecular weight excluding hydrogens is 410 g/mol. The van der Waals surface area contributed by atoms with Gasteiger partial charge in [-0.25, -0.2) is 4.98 Å². The number of fused-ring (bicyclic) bond motifs is 6. The van der Waals surface area contributed by atoms with Gasteiger partial charge in [-0.2, -0.15) is 0 Å². The van der Waals surface area contributed by atoms with E-state index in [9.17, 15) is 0 Å². The molecule has 0 radical (unpaired) electrons. The average molecular weight is 432 g/mol. The Balaban J connectivity index is 1.52. The van der Waals surface area contributed by atoms with E-state index in [4.69, 9.17) is 4.98 Å². The van der Waals surface area contributed by atoms with Crippen molar-refractivity contribution in [3.8, 4) is 22.5 Å². The molecule has 0 spiro atoms. The van der Waals surface area contributed by atoms with Crippen molar-refractivity contribution in [1.29, 1.82) is 0 Å². The van der Waals surface area contributed by atoms with Crippen LogP contribution in [0.5, 0.6) is 0 Å². The highest BCUT2D eigenvalue weighted by Crippen LogP contribution is 2.36. The molecule has 1 heterocycles. The maximum atomic E-state index is 5.18. The highest BCUT2D eigenvalue weighted by atomic mass is 14.7. The van der Waals surface area contributed by atoms with Crippen molar-refractivity contribution in [1.82, 2.24) is 4.98 Å². The van der Waals surface area contributed by atoms with Crippen LogP contribution in [0, 0.1) is 0 Å². The monoisotopic (exact) mass is 431 g/mol. The predicted octanol–water partition coefficient (Wildman–Crippen LogP) is 9.03. The Kier molecular flexibility index (Phi) is 4.22. The molecule has 34 heavy (non-hydrogen) atoms. The van der Waals surface area contributed by atoms with E-state index >= 15 is 0 Å². The van der Waals surface area contributed by atoms with E-state index in [0.29, 0.717) is 0 Å². The van der Waals surface area contributed by atoms with Crippen LogP contribution in [0.4, 0.5) is 0 Å². The van der Waals surface area contributed by atoms with Crippen LogP contribution < -0.4 is 0 Å². The van der Waals surface area contributed by atoms with E-state index in [-0.39, 0.29) is 0 Å². The number of pyridine rings is 1. The van der Waals surface area contributed by atoms with Crippen LogP contribution in [0.15, 0.2) is 127 Å². The number of hydrogen-bond acceptors (Lipinski definition) is 1. The van der Waals surface area contributed by atoms with Gasteiger partial charge in [0.1, 0.15) is 0 Å². The second-order valence-corrected chi connectivity index (χ2v) is 8.83. The van der Waals surface area contributed by atoms with Gasteiger partial charge in [-0.05, 0) is 49.8 Å². The zero-order valence-electron chi connectivity index (χ0n) is 18.6. The maximum Gasteiger partial charge on any atom is 0.0788 e. The van der Waals surface area contributed by atoms with E-state index in [2.05, 4.69) is 121 Å². The van der Waals surface area contributed by atoms with Crippen LogP contribution in [-0.4, -0.2) is 4.98 Å². The molecule has 7 aromatic rings. The largest absolute Gasteiger partial charge is 0.247 e. The zero-order valence-corrected chi connectivity index (χ0v) is 18.6. The molecule has 0 amide bonds. The molecule has 0 aliphatic heterocycles. The van der Waals surface area contributed by atoms with Crippen LogP contribution >= 0.6 is 0 Å². The fraction of sp³-hybridized carbons (Fsp3) is 0. The highest BCUT2D eigenvalue weighted by molar-refractivity contribution is 6.18. The van der Waals surface area contributed by atoms with Crippen molar-refractivity contribution >= 4 is 43.1 Å². The van der Waals surface area contributed by atoms with Crippen LogP contribution in [-0.2, 0) is 0 Å². The second-order valence-electron chi connectivity index (χ2n) is 8.83. The van der Waals surface area contributed by atoms with Crippen molar-refractivity contribution in [2.24, 2.45) is 0 Å².